The fourth-order valence-electron chi connectivity index (χ4n) is 1.88. The number of hydrogen-bond donors (Lipinski definition) is 1. The molecule has 0 bridgehead atoms. The summed E-state index contributed by atoms with van der Waals surface area (Å²) in [5, 5.41) is 5.62. The highest BCUT2D eigenvalue weighted by Crippen LogP contribution is 2.33. The van der Waals surface area contributed by atoms with Crippen molar-refractivity contribution in [3.05, 3.63) is 30.5 Å². The summed E-state index contributed by atoms with van der Waals surface area (Å²) in [5.41, 5.74) is 6.79. The summed E-state index contributed by atoms with van der Waals surface area (Å²) in [4.78, 5) is 0. The van der Waals surface area contributed by atoms with E-state index in [0.29, 0.717) is 6.54 Å². The number of hydrogen-bond acceptors (Lipinski definition) is 3. The number of nitrogens with two attached hydrogens (primary N) is 1. The van der Waals surface area contributed by atoms with Crippen LogP contribution in [0.2, 0.25) is 0 Å². The fourth-order valence-corrected chi connectivity index (χ4v) is 2.95. The van der Waals surface area contributed by atoms with Gasteiger partial charge in [-0.2, -0.15) is 5.10 Å². The first-order valence-electron chi connectivity index (χ1n) is 4.93. The first kappa shape index (κ1) is 8.88. The summed E-state index contributed by atoms with van der Waals surface area (Å²) in [6, 6.07) is 8.42. The molecule has 0 amide bonds. The lowest BCUT2D eigenvalue weighted by Crippen LogP contribution is -2.10. The number of thiophene rings is 1. The highest BCUT2D eigenvalue weighted by Gasteiger charge is 2.09. The molecule has 15 heavy (non-hydrogen) atoms. The van der Waals surface area contributed by atoms with E-state index < -0.39 is 0 Å². The van der Waals surface area contributed by atoms with Crippen molar-refractivity contribution < 1.29 is 0 Å². The Hall–Kier alpha value is -1.39. The van der Waals surface area contributed by atoms with E-state index in [1.54, 1.807) is 11.3 Å². The molecule has 4 heteroatoms. The van der Waals surface area contributed by atoms with Crippen LogP contribution >= 0.6 is 11.3 Å². The van der Waals surface area contributed by atoms with Gasteiger partial charge in [-0.3, -0.25) is 4.68 Å². The van der Waals surface area contributed by atoms with E-state index in [1.165, 1.54) is 20.3 Å². The molecule has 2 aromatic heterocycles. The molecule has 2 N–H and O–H groups in total. The predicted octanol–water partition coefficient (Wildman–Crippen LogP) is 2.21. The van der Waals surface area contributed by atoms with Gasteiger partial charge in [0.2, 0.25) is 0 Å². The van der Waals surface area contributed by atoms with E-state index in [9.17, 15) is 0 Å². The van der Waals surface area contributed by atoms with Crippen LogP contribution in [0, 0.1) is 0 Å². The average Bonchev–Trinajstić information content (AvgIpc) is 2.78. The summed E-state index contributed by atoms with van der Waals surface area (Å²) in [5.74, 6) is 0. The molecule has 3 nitrogen and oxygen atoms in total. The summed E-state index contributed by atoms with van der Waals surface area (Å²) in [6.45, 7) is 1.41. The molecule has 0 radical (unpaired) electrons. The van der Waals surface area contributed by atoms with Gasteiger partial charge in [0.25, 0.3) is 0 Å². The molecule has 2 heterocycles. The Balaban J connectivity index is 2.38. The third-order valence-corrected chi connectivity index (χ3v) is 3.60. The highest BCUT2D eigenvalue weighted by atomic mass is 32.1. The molecule has 0 fully saturated rings. The molecule has 3 rings (SSSR count). The zero-order chi connectivity index (χ0) is 10.3. The van der Waals surface area contributed by atoms with Crippen molar-refractivity contribution in [2.24, 2.45) is 5.73 Å². The van der Waals surface area contributed by atoms with E-state index in [4.69, 9.17) is 5.73 Å². The minimum absolute atomic E-state index is 0.626. The molecule has 0 aliphatic heterocycles. The largest absolute Gasteiger partial charge is 0.329 e. The standard InChI is InChI=1S/C11H11N3S/c12-5-6-14-11-8-3-1-2-4-9(8)15-10(11)7-13-14/h1-4,7H,5-6,12H2. The molecular weight excluding hydrogens is 206 g/mol. The lowest BCUT2D eigenvalue weighted by molar-refractivity contribution is 0.647. The number of benzene rings is 1. The Morgan fingerprint density at radius 1 is 1.27 bits per heavy atom. The van der Waals surface area contributed by atoms with Crippen LogP contribution in [0.4, 0.5) is 0 Å². The molecule has 0 atom stereocenters. The second-order valence-corrected chi connectivity index (χ2v) is 4.55. The zero-order valence-electron chi connectivity index (χ0n) is 8.18. The Morgan fingerprint density at radius 2 is 2.13 bits per heavy atom. The summed E-state index contributed by atoms with van der Waals surface area (Å²) >= 11 is 1.78. The van der Waals surface area contributed by atoms with Gasteiger partial charge in [-0.15, -0.1) is 11.3 Å². The van der Waals surface area contributed by atoms with Crippen molar-refractivity contribution in [2.45, 2.75) is 6.54 Å². The molecule has 1 aromatic carbocycles. The SMILES string of the molecule is NCCn1ncc2sc3ccccc3c21. The van der Waals surface area contributed by atoms with E-state index >= 15 is 0 Å². The van der Waals surface area contributed by atoms with Crippen LogP contribution in [0.3, 0.4) is 0 Å². The van der Waals surface area contributed by atoms with Crippen molar-refractivity contribution in [1.29, 1.82) is 0 Å². The Bertz CT molecular complexity index is 608. The first-order chi connectivity index (χ1) is 7.40. The van der Waals surface area contributed by atoms with Gasteiger partial charge in [-0.1, -0.05) is 18.2 Å². The quantitative estimate of drug-likeness (QED) is 0.715. The molecule has 0 aliphatic carbocycles. The maximum Gasteiger partial charge on any atom is 0.0869 e. The monoisotopic (exact) mass is 217 g/mol. The lowest BCUT2D eigenvalue weighted by atomic mass is 10.2. The molecule has 0 aliphatic rings. The van der Waals surface area contributed by atoms with Gasteiger partial charge in [0.1, 0.15) is 0 Å². The van der Waals surface area contributed by atoms with E-state index in [2.05, 4.69) is 29.4 Å². The Kier molecular flexibility index (Phi) is 1.97. The molecular formula is C11H11N3S. The topological polar surface area (TPSA) is 43.8 Å². The average molecular weight is 217 g/mol. The van der Waals surface area contributed by atoms with Gasteiger partial charge in [-0.25, -0.2) is 0 Å². The van der Waals surface area contributed by atoms with Crippen LogP contribution in [0.25, 0.3) is 20.3 Å². The molecule has 76 valence electrons. The number of fused-ring (bicyclic) bond motifs is 3. The predicted molar refractivity (Wildman–Crippen MR) is 64.2 cm³/mol. The fraction of sp³-hybridized carbons (Fsp3) is 0.182. The van der Waals surface area contributed by atoms with Crippen LogP contribution in [-0.4, -0.2) is 16.3 Å². The maximum atomic E-state index is 5.57. The van der Waals surface area contributed by atoms with Crippen LogP contribution < -0.4 is 5.73 Å². The Labute approximate surface area is 91.1 Å². The van der Waals surface area contributed by atoms with E-state index in [0.717, 1.165) is 6.54 Å². The van der Waals surface area contributed by atoms with Crippen molar-refractivity contribution in [3.63, 3.8) is 0 Å². The molecule has 0 saturated carbocycles. The minimum atomic E-state index is 0.626. The maximum absolute atomic E-state index is 5.57. The summed E-state index contributed by atoms with van der Waals surface area (Å²) < 4.78 is 4.55. The smallest absolute Gasteiger partial charge is 0.0869 e. The second kappa shape index (κ2) is 3.32. The zero-order valence-corrected chi connectivity index (χ0v) is 9.00. The summed E-state index contributed by atoms with van der Waals surface area (Å²) in [7, 11) is 0. The molecule has 3 aromatic rings. The van der Waals surface area contributed by atoms with Gasteiger partial charge >= 0.3 is 0 Å². The normalized spacial score (nSPS) is 11.5. The van der Waals surface area contributed by atoms with Crippen LogP contribution in [-0.2, 0) is 6.54 Å². The number of aromatic nitrogens is 2. The lowest BCUT2D eigenvalue weighted by Gasteiger charge is -1.99. The third-order valence-electron chi connectivity index (χ3n) is 2.51. The van der Waals surface area contributed by atoms with Crippen molar-refractivity contribution in [3.8, 4) is 0 Å². The summed E-state index contributed by atoms with van der Waals surface area (Å²) in [6.07, 6.45) is 1.93. The van der Waals surface area contributed by atoms with Crippen molar-refractivity contribution in [1.82, 2.24) is 9.78 Å². The highest BCUT2D eigenvalue weighted by molar-refractivity contribution is 7.25. The van der Waals surface area contributed by atoms with Crippen molar-refractivity contribution >= 4 is 31.6 Å². The van der Waals surface area contributed by atoms with Crippen molar-refractivity contribution in [2.75, 3.05) is 6.54 Å². The van der Waals surface area contributed by atoms with Crippen LogP contribution in [0.5, 0.6) is 0 Å². The van der Waals surface area contributed by atoms with E-state index in [-0.39, 0.29) is 0 Å². The Morgan fingerprint density at radius 3 is 3.00 bits per heavy atom. The van der Waals surface area contributed by atoms with Gasteiger partial charge in [0.15, 0.2) is 0 Å². The van der Waals surface area contributed by atoms with Crippen LogP contribution in [0.15, 0.2) is 30.5 Å². The first-order valence-corrected chi connectivity index (χ1v) is 5.75. The molecule has 0 unspecified atom stereocenters. The minimum Gasteiger partial charge on any atom is -0.329 e. The molecule has 0 saturated heterocycles. The third kappa shape index (κ3) is 1.26. The van der Waals surface area contributed by atoms with Gasteiger partial charge in [0.05, 0.1) is 23.0 Å². The van der Waals surface area contributed by atoms with Gasteiger partial charge < -0.3 is 5.73 Å². The van der Waals surface area contributed by atoms with Crippen LogP contribution in [0.1, 0.15) is 0 Å². The second-order valence-electron chi connectivity index (χ2n) is 3.47. The molecule has 0 spiro atoms. The number of nitrogens with zero attached hydrogens (tertiary/aromatic N) is 2. The van der Waals surface area contributed by atoms with Gasteiger partial charge in [0, 0.05) is 16.6 Å². The number of rotatable bonds is 2. The van der Waals surface area contributed by atoms with Gasteiger partial charge in [-0.05, 0) is 6.07 Å². The van der Waals surface area contributed by atoms with E-state index in [1.807, 2.05) is 10.9 Å².